The molecule has 0 aliphatic carbocycles. The number of amides is 1. The third kappa shape index (κ3) is 3.32. The minimum atomic E-state index is -0.184. The van der Waals surface area contributed by atoms with Crippen LogP contribution in [0.25, 0.3) is 0 Å². The Kier molecular flexibility index (Phi) is 4.68. The Labute approximate surface area is 131 Å². The van der Waals surface area contributed by atoms with Gasteiger partial charge in [-0.2, -0.15) is 0 Å². The number of nitrogens with two attached hydrogens (primary N) is 1. The topological polar surface area (TPSA) is 55.1 Å². The third-order valence-electron chi connectivity index (χ3n) is 2.98. The summed E-state index contributed by atoms with van der Waals surface area (Å²) < 4.78 is 0.771. The first-order valence-corrected chi connectivity index (χ1v) is 7.26. The Morgan fingerprint density at radius 1 is 1.30 bits per heavy atom. The van der Waals surface area contributed by atoms with Crippen molar-refractivity contribution in [1.29, 1.82) is 0 Å². The Bertz CT molecular complexity index is 646. The lowest BCUT2D eigenvalue weighted by molar-refractivity contribution is 0.0940. The van der Waals surface area contributed by atoms with Gasteiger partial charge in [-0.05, 0) is 52.7 Å². The number of halogens is 2. The third-order valence-corrected chi connectivity index (χ3v) is 4.04. The number of nitrogen functional groups attached to an aromatic ring is 1. The van der Waals surface area contributed by atoms with Crippen LogP contribution in [0.15, 0.2) is 46.9 Å². The Hall–Kier alpha value is -1.52. The van der Waals surface area contributed by atoms with Crippen LogP contribution in [0.5, 0.6) is 0 Å². The molecule has 1 amide bonds. The molecule has 1 atom stereocenters. The second kappa shape index (κ2) is 6.29. The minimum Gasteiger partial charge on any atom is -0.398 e. The molecule has 3 N–H and O–H groups in total. The zero-order valence-electron chi connectivity index (χ0n) is 10.9. The molecule has 0 fully saturated rings. The van der Waals surface area contributed by atoms with Crippen molar-refractivity contribution < 1.29 is 4.79 Å². The van der Waals surface area contributed by atoms with Gasteiger partial charge in [-0.15, -0.1) is 0 Å². The van der Waals surface area contributed by atoms with Crippen molar-refractivity contribution in [3.63, 3.8) is 0 Å². The Balaban J connectivity index is 2.15. The monoisotopic (exact) mass is 352 g/mol. The summed E-state index contributed by atoms with van der Waals surface area (Å²) in [6.45, 7) is 1.89. The van der Waals surface area contributed by atoms with Crippen LogP contribution >= 0.6 is 27.5 Å². The van der Waals surface area contributed by atoms with E-state index in [1.165, 1.54) is 0 Å². The van der Waals surface area contributed by atoms with Crippen LogP contribution in [0.1, 0.15) is 28.9 Å². The molecule has 0 saturated heterocycles. The molecule has 5 heteroatoms. The number of carbonyl (C=O) groups is 1. The van der Waals surface area contributed by atoms with Crippen molar-refractivity contribution in [2.24, 2.45) is 0 Å². The zero-order valence-corrected chi connectivity index (χ0v) is 13.2. The lowest BCUT2D eigenvalue weighted by Gasteiger charge is -2.16. The molecular weight excluding hydrogens is 340 g/mol. The Morgan fingerprint density at radius 3 is 2.65 bits per heavy atom. The van der Waals surface area contributed by atoms with Crippen molar-refractivity contribution in [2.75, 3.05) is 5.73 Å². The van der Waals surface area contributed by atoms with Gasteiger partial charge < -0.3 is 11.1 Å². The van der Waals surface area contributed by atoms with Crippen molar-refractivity contribution in [3.05, 3.63) is 63.1 Å². The average molecular weight is 354 g/mol. The van der Waals surface area contributed by atoms with E-state index in [1.807, 2.05) is 25.1 Å². The molecule has 0 spiro atoms. The molecule has 0 aliphatic heterocycles. The van der Waals surface area contributed by atoms with Crippen molar-refractivity contribution in [2.45, 2.75) is 13.0 Å². The number of anilines is 1. The maximum atomic E-state index is 12.2. The summed E-state index contributed by atoms with van der Waals surface area (Å²) in [4.78, 5) is 12.2. The quantitative estimate of drug-likeness (QED) is 0.813. The van der Waals surface area contributed by atoms with E-state index in [0.29, 0.717) is 16.3 Å². The van der Waals surface area contributed by atoms with Crippen LogP contribution in [0, 0.1) is 0 Å². The van der Waals surface area contributed by atoms with Crippen molar-refractivity contribution in [1.82, 2.24) is 5.32 Å². The predicted molar refractivity (Wildman–Crippen MR) is 85.9 cm³/mol. The maximum Gasteiger partial charge on any atom is 0.251 e. The normalized spacial score (nSPS) is 11.9. The van der Waals surface area contributed by atoms with Crippen molar-refractivity contribution >= 4 is 39.1 Å². The van der Waals surface area contributed by atoms with Gasteiger partial charge in [-0.3, -0.25) is 4.79 Å². The number of hydrogen-bond acceptors (Lipinski definition) is 2. The van der Waals surface area contributed by atoms with E-state index in [9.17, 15) is 4.79 Å². The van der Waals surface area contributed by atoms with Gasteiger partial charge in [-0.25, -0.2) is 0 Å². The van der Waals surface area contributed by atoms with Gasteiger partial charge in [0.2, 0.25) is 0 Å². The lowest BCUT2D eigenvalue weighted by Crippen LogP contribution is -2.26. The second-order valence-electron chi connectivity index (χ2n) is 4.45. The molecule has 2 rings (SSSR count). The van der Waals surface area contributed by atoms with E-state index in [-0.39, 0.29) is 11.9 Å². The fourth-order valence-electron chi connectivity index (χ4n) is 1.87. The highest BCUT2D eigenvalue weighted by Gasteiger charge is 2.14. The van der Waals surface area contributed by atoms with E-state index in [0.717, 1.165) is 10.0 Å². The number of nitrogens with one attached hydrogen (secondary N) is 1. The second-order valence-corrected chi connectivity index (χ2v) is 5.71. The van der Waals surface area contributed by atoms with Crippen LogP contribution in [-0.2, 0) is 0 Å². The van der Waals surface area contributed by atoms with Crippen LogP contribution in [0.3, 0.4) is 0 Å². The summed E-state index contributed by atoms with van der Waals surface area (Å²) in [6, 6.07) is 12.4. The number of carbonyl (C=O) groups excluding carboxylic acids is 1. The molecule has 104 valence electrons. The van der Waals surface area contributed by atoms with Crippen LogP contribution in [-0.4, -0.2) is 5.91 Å². The maximum absolute atomic E-state index is 12.2. The van der Waals surface area contributed by atoms with E-state index in [4.69, 9.17) is 17.3 Å². The van der Waals surface area contributed by atoms with Gasteiger partial charge in [0, 0.05) is 20.7 Å². The molecule has 0 saturated carbocycles. The summed E-state index contributed by atoms with van der Waals surface area (Å²) in [5.41, 5.74) is 7.71. The molecule has 0 bridgehead atoms. The van der Waals surface area contributed by atoms with Crippen LogP contribution in [0.2, 0.25) is 5.02 Å². The van der Waals surface area contributed by atoms with Crippen molar-refractivity contribution in [3.8, 4) is 0 Å². The SMILES string of the molecule is C[C@H](NC(=O)c1ccc(Br)c(N)c1)c1ccccc1Cl. The number of benzene rings is 2. The highest BCUT2D eigenvalue weighted by atomic mass is 79.9. The van der Waals surface area contributed by atoms with E-state index in [1.54, 1.807) is 24.3 Å². The molecule has 20 heavy (non-hydrogen) atoms. The van der Waals surface area contributed by atoms with E-state index >= 15 is 0 Å². The largest absolute Gasteiger partial charge is 0.398 e. The van der Waals surface area contributed by atoms with Gasteiger partial charge in [0.05, 0.1) is 6.04 Å². The fraction of sp³-hybridized carbons (Fsp3) is 0.133. The Morgan fingerprint density at radius 2 is 2.00 bits per heavy atom. The van der Waals surface area contributed by atoms with Crippen LogP contribution in [0.4, 0.5) is 5.69 Å². The smallest absolute Gasteiger partial charge is 0.251 e. The highest BCUT2D eigenvalue weighted by molar-refractivity contribution is 9.10. The summed E-state index contributed by atoms with van der Waals surface area (Å²) in [5, 5.41) is 3.54. The average Bonchev–Trinajstić information content (AvgIpc) is 2.42. The fourth-order valence-corrected chi connectivity index (χ4v) is 2.42. The molecule has 0 aliphatic rings. The van der Waals surface area contributed by atoms with Gasteiger partial charge >= 0.3 is 0 Å². The first-order valence-electron chi connectivity index (χ1n) is 6.09. The predicted octanol–water partition coefficient (Wildman–Crippen LogP) is 4.18. The van der Waals surface area contributed by atoms with Gasteiger partial charge in [0.25, 0.3) is 5.91 Å². The molecular formula is C15H14BrClN2O. The van der Waals surface area contributed by atoms with Gasteiger partial charge in [0.15, 0.2) is 0 Å². The number of rotatable bonds is 3. The number of hydrogen-bond donors (Lipinski definition) is 2. The first-order chi connectivity index (χ1) is 9.49. The van der Waals surface area contributed by atoms with E-state index in [2.05, 4.69) is 21.2 Å². The minimum absolute atomic E-state index is 0.180. The standard InChI is InChI=1S/C15H14BrClN2O/c1-9(11-4-2-3-5-13(11)17)19-15(20)10-6-7-12(16)14(18)8-10/h2-9H,18H2,1H3,(H,19,20)/t9-/m0/s1. The zero-order chi connectivity index (χ0) is 14.7. The molecule has 2 aromatic carbocycles. The summed E-state index contributed by atoms with van der Waals surface area (Å²) in [5.74, 6) is -0.184. The molecule has 0 unspecified atom stereocenters. The molecule has 2 aromatic rings. The molecule has 3 nitrogen and oxygen atoms in total. The molecule has 0 heterocycles. The van der Waals surface area contributed by atoms with Gasteiger partial charge in [0.1, 0.15) is 0 Å². The molecule has 0 radical (unpaired) electrons. The van der Waals surface area contributed by atoms with Gasteiger partial charge in [-0.1, -0.05) is 29.8 Å². The summed E-state index contributed by atoms with van der Waals surface area (Å²) in [7, 11) is 0. The summed E-state index contributed by atoms with van der Waals surface area (Å²) >= 11 is 9.42. The highest BCUT2D eigenvalue weighted by Crippen LogP contribution is 2.23. The first kappa shape index (κ1) is 14.9. The van der Waals surface area contributed by atoms with Crippen LogP contribution < -0.4 is 11.1 Å². The molecule has 0 aromatic heterocycles. The lowest BCUT2D eigenvalue weighted by atomic mass is 10.1. The van der Waals surface area contributed by atoms with E-state index < -0.39 is 0 Å². The summed E-state index contributed by atoms with van der Waals surface area (Å²) in [6.07, 6.45) is 0.